The lowest BCUT2D eigenvalue weighted by Crippen LogP contribution is -2.38. The lowest BCUT2D eigenvalue weighted by molar-refractivity contribution is -0.202. The molecule has 5 heteroatoms. The Morgan fingerprint density at radius 2 is 1.90 bits per heavy atom. The van der Waals surface area contributed by atoms with Crippen LogP contribution >= 0.6 is 0 Å². The molecule has 0 bridgehead atoms. The highest BCUT2D eigenvalue weighted by Crippen LogP contribution is 2.25. The van der Waals surface area contributed by atoms with Crippen LogP contribution in [0.25, 0.3) is 0 Å². The first-order valence-corrected chi connectivity index (χ1v) is 8.28. The van der Waals surface area contributed by atoms with Gasteiger partial charge in [-0.3, -0.25) is 0 Å². The van der Waals surface area contributed by atoms with E-state index in [0.29, 0.717) is 13.2 Å². The van der Waals surface area contributed by atoms with Crippen molar-refractivity contribution in [1.29, 1.82) is 0 Å². The van der Waals surface area contributed by atoms with Crippen molar-refractivity contribution >= 4 is 9.84 Å². The fourth-order valence-electron chi connectivity index (χ4n) is 1.81. The van der Waals surface area contributed by atoms with Crippen molar-refractivity contribution in [3.8, 4) is 0 Å². The van der Waals surface area contributed by atoms with Crippen LogP contribution in [0, 0.1) is 5.41 Å². The van der Waals surface area contributed by atoms with E-state index < -0.39 is 16.1 Å². The number of hydrogen-bond donors (Lipinski definition) is 0. The molecule has 1 saturated heterocycles. The molecule has 4 nitrogen and oxygen atoms in total. The maximum absolute atomic E-state index is 12.0. The SMILES string of the molecule is C=C/C(=C\C)S(=O)(=O)C/C=C(\C)C1OCC(C)(C)CO1. The molecule has 0 spiro atoms. The zero-order valence-corrected chi connectivity index (χ0v) is 13.5. The Labute approximate surface area is 122 Å². The molecule has 0 aromatic heterocycles. The van der Waals surface area contributed by atoms with Crippen molar-refractivity contribution in [2.24, 2.45) is 5.41 Å². The molecule has 0 saturated carbocycles. The first-order chi connectivity index (χ1) is 9.22. The van der Waals surface area contributed by atoms with Crippen molar-refractivity contribution in [3.05, 3.63) is 35.3 Å². The van der Waals surface area contributed by atoms with Crippen LogP contribution in [0.4, 0.5) is 0 Å². The van der Waals surface area contributed by atoms with Crippen LogP contribution in [0.1, 0.15) is 27.7 Å². The topological polar surface area (TPSA) is 52.6 Å². The molecule has 0 atom stereocenters. The summed E-state index contributed by atoms with van der Waals surface area (Å²) in [6, 6.07) is 0. The summed E-state index contributed by atoms with van der Waals surface area (Å²) in [5, 5.41) is 0. The van der Waals surface area contributed by atoms with E-state index in [9.17, 15) is 8.42 Å². The predicted octanol–water partition coefficient (Wildman–Crippen LogP) is 2.84. The van der Waals surface area contributed by atoms with Gasteiger partial charge in [0.1, 0.15) is 0 Å². The monoisotopic (exact) mass is 300 g/mol. The third-order valence-electron chi connectivity index (χ3n) is 3.09. The van der Waals surface area contributed by atoms with Gasteiger partial charge in [-0.1, -0.05) is 38.7 Å². The second-order valence-corrected chi connectivity index (χ2v) is 7.78. The molecular formula is C15H24O4S. The fourth-order valence-corrected chi connectivity index (χ4v) is 3.10. The molecule has 1 rings (SSSR count). The molecular weight excluding hydrogens is 276 g/mol. The van der Waals surface area contributed by atoms with Crippen LogP contribution < -0.4 is 0 Å². The number of sulfone groups is 1. The number of hydrogen-bond acceptors (Lipinski definition) is 4. The third kappa shape index (κ3) is 4.58. The maximum Gasteiger partial charge on any atom is 0.181 e. The first kappa shape index (κ1) is 17.1. The van der Waals surface area contributed by atoms with E-state index >= 15 is 0 Å². The lowest BCUT2D eigenvalue weighted by Gasteiger charge is -2.35. The maximum atomic E-state index is 12.0. The van der Waals surface area contributed by atoms with Crippen molar-refractivity contribution in [3.63, 3.8) is 0 Å². The van der Waals surface area contributed by atoms with Gasteiger partial charge in [-0.2, -0.15) is 0 Å². The summed E-state index contributed by atoms with van der Waals surface area (Å²) in [5.74, 6) is -0.0723. The zero-order chi connectivity index (χ0) is 15.4. The molecule has 1 fully saturated rings. The smallest absolute Gasteiger partial charge is 0.181 e. The minimum Gasteiger partial charge on any atom is -0.348 e. The minimum atomic E-state index is -3.32. The van der Waals surface area contributed by atoms with E-state index in [1.807, 2.05) is 6.92 Å². The van der Waals surface area contributed by atoms with Gasteiger partial charge in [0.25, 0.3) is 0 Å². The Morgan fingerprint density at radius 1 is 1.35 bits per heavy atom. The molecule has 1 heterocycles. The fraction of sp³-hybridized carbons (Fsp3) is 0.600. The van der Waals surface area contributed by atoms with Gasteiger partial charge in [-0.15, -0.1) is 0 Å². The summed E-state index contributed by atoms with van der Waals surface area (Å²) in [7, 11) is -3.32. The van der Waals surface area contributed by atoms with Crippen LogP contribution in [0.3, 0.4) is 0 Å². The summed E-state index contributed by atoms with van der Waals surface area (Å²) >= 11 is 0. The van der Waals surface area contributed by atoms with Gasteiger partial charge < -0.3 is 9.47 Å². The Hall–Kier alpha value is -0.910. The van der Waals surface area contributed by atoms with Gasteiger partial charge in [0.05, 0.1) is 23.9 Å². The van der Waals surface area contributed by atoms with Crippen LogP contribution in [0.5, 0.6) is 0 Å². The van der Waals surface area contributed by atoms with E-state index in [0.717, 1.165) is 5.57 Å². The van der Waals surface area contributed by atoms with Crippen molar-refractivity contribution < 1.29 is 17.9 Å². The van der Waals surface area contributed by atoms with E-state index in [4.69, 9.17) is 9.47 Å². The van der Waals surface area contributed by atoms with E-state index in [1.54, 1.807) is 19.1 Å². The van der Waals surface area contributed by atoms with Crippen LogP contribution in [0.2, 0.25) is 0 Å². The summed E-state index contributed by atoms with van der Waals surface area (Å²) in [5.41, 5.74) is 0.785. The van der Waals surface area contributed by atoms with E-state index in [2.05, 4.69) is 20.4 Å². The molecule has 1 aliphatic heterocycles. The highest BCUT2D eigenvalue weighted by Gasteiger charge is 2.29. The number of allylic oxidation sites excluding steroid dienone is 2. The molecule has 20 heavy (non-hydrogen) atoms. The molecule has 0 aromatic carbocycles. The first-order valence-electron chi connectivity index (χ1n) is 6.63. The van der Waals surface area contributed by atoms with Gasteiger partial charge >= 0.3 is 0 Å². The van der Waals surface area contributed by atoms with Crippen molar-refractivity contribution in [2.75, 3.05) is 19.0 Å². The van der Waals surface area contributed by atoms with E-state index in [1.165, 1.54) is 6.08 Å². The Balaban J connectivity index is 2.70. The summed E-state index contributed by atoms with van der Waals surface area (Å²) in [6.07, 6.45) is 4.10. The highest BCUT2D eigenvalue weighted by atomic mass is 32.2. The molecule has 114 valence electrons. The van der Waals surface area contributed by atoms with Crippen LogP contribution in [0.15, 0.2) is 35.3 Å². The molecule has 0 unspecified atom stereocenters. The zero-order valence-electron chi connectivity index (χ0n) is 12.7. The summed E-state index contributed by atoms with van der Waals surface area (Å²) in [6.45, 7) is 12.3. The second-order valence-electron chi connectivity index (χ2n) is 5.74. The molecule has 1 aliphatic rings. The van der Waals surface area contributed by atoms with Crippen molar-refractivity contribution in [1.82, 2.24) is 0 Å². The average molecular weight is 300 g/mol. The third-order valence-corrected chi connectivity index (χ3v) is 4.82. The van der Waals surface area contributed by atoms with Crippen LogP contribution in [-0.2, 0) is 19.3 Å². The number of ether oxygens (including phenoxy) is 2. The van der Waals surface area contributed by atoms with Crippen LogP contribution in [-0.4, -0.2) is 33.7 Å². The Morgan fingerprint density at radius 3 is 2.35 bits per heavy atom. The second kappa shape index (κ2) is 6.70. The molecule has 0 aromatic rings. The summed E-state index contributed by atoms with van der Waals surface area (Å²) < 4.78 is 35.3. The average Bonchev–Trinajstić information content (AvgIpc) is 2.37. The molecule has 0 radical (unpaired) electrons. The molecule has 0 amide bonds. The summed E-state index contributed by atoms with van der Waals surface area (Å²) in [4.78, 5) is 0.244. The van der Waals surface area contributed by atoms with Gasteiger partial charge in [-0.25, -0.2) is 8.42 Å². The lowest BCUT2D eigenvalue weighted by atomic mass is 9.95. The molecule has 0 aliphatic carbocycles. The Bertz CT molecular complexity index is 502. The predicted molar refractivity (Wildman–Crippen MR) is 81.0 cm³/mol. The van der Waals surface area contributed by atoms with Crippen molar-refractivity contribution in [2.45, 2.75) is 34.0 Å². The quantitative estimate of drug-likeness (QED) is 0.579. The van der Waals surface area contributed by atoms with Gasteiger partial charge in [0.2, 0.25) is 0 Å². The highest BCUT2D eigenvalue weighted by molar-refractivity contribution is 7.95. The Kier molecular flexibility index (Phi) is 5.74. The minimum absolute atomic E-state index is 0.00378. The number of rotatable bonds is 5. The van der Waals surface area contributed by atoms with E-state index in [-0.39, 0.29) is 16.1 Å². The standard InChI is InChI=1S/C15H24O4S/c1-6-13(7-2)20(16,17)9-8-12(3)14-18-10-15(4,5)11-19-14/h6-8,14H,1,9-11H2,2-5H3/b12-8+,13-7+. The largest absolute Gasteiger partial charge is 0.348 e. The van der Waals surface area contributed by atoms with Gasteiger partial charge in [0, 0.05) is 5.41 Å². The molecule has 0 N–H and O–H groups in total. The van der Waals surface area contributed by atoms with Gasteiger partial charge in [0.15, 0.2) is 16.1 Å². The normalized spacial score (nSPS) is 21.8. The van der Waals surface area contributed by atoms with Gasteiger partial charge in [-0.05, 0) is 19.4 Å².